The van der Waals surface area contributed by atoms with E-state index >= 15 is 0 Å². The lowest BCUT2D eigenvalue weighted by atomic mass is 10.0. The summed E-state index contributed by atoms with van der Waals surface area (Å²) < 4.78 is 5.27. The van der Waals surface area contributed by atoms with Crippen LogP contribution < -0.4 is 4.74 Å². The lowest BCUT2D eigenvalue weighted by Gasteiger charge is -2.25. The van der Waals surface area contributed by atoms with Gasteiger partial charge in [-0.15, -0.1) is 0 Å². The number of ether oxygens (including phenoxy) is 1. The fraction of sp³-hybridized carbons (Fsp3) is 0.312. The minimum absolute atomic E-state index is 0.0616. The molecule has 0 spiro atoms. The molecule has 0 N–H and O–H groups in total. The van der Waals surface area contributed by atoms with Gasteiger partial charge in [0, 0.05) is 18.9 Å². The highest BCUT2D eigenvalue weighted by Crippen LogP contribution is 2.34. The zero-order valence-electron chi connectivity index (χ0n) is 11.9. The van der Waals surface area contributed by atoms with E-state index in [-0.39, 0.29) is 11.9 Å². The second-order valence-corrected chi connectivity index (χ2v) is 5.02. The molecular weight excluding hydrogens is 266 g/mol. The number of carbonyl (C=O) groups is 1. The first-order valence-corrected chi connectivity index (χ1v) is 7.00. The lowest BCUT2D eigenvalue weighted by molar-refractivity contribution is 0.0729. The third-order valence-electron chi connectivity index (χ3n) is 3.77. The molecule has 3 rings (SSSR count). The molecule has 1 saturated heterocycles. The van der Waals surface area contributed by atoms with Gasteiger partial charge in [0.05, 0.1) is 19.3 Å². The summed E-state index contributed by atoms with van der Waals surface area (Å²) in [6.45, 7) is 0.747. The molecule has 21 heavy (non-hydrogen) atoms. The van der Waals surface area contributed by atoms with Crippen molar-refractivity contribution < 1.29 is 9.53 Å². The summed E-state index contributed by atoms with van der Waals surface area (Å²) in [5.74, 6) is 0.750. The summed E-state index contributed by atoms with van der Waals surface area (Å²) in [6.07, 6.45) is 6.58. The van der Waals surface area contributed by atoms with Crippen LogP contribution in [0.5, 0.6) is 5.75 Å². The fourth-order valence-electron chi connectivity index (χ4n) is 2.76. The van der Waals surface area contributed by atoms with Crippen molar-refractivity contribution in [3.8, 4) is 5.75 Å². The monoisotopic (exact) mass is 283 g/mol. The molecule has 108 valence electrons. The summed E-state index contributed by atoms with van der Waals surface area (Å²) >= 11 is 0. The van der Waals surface area contributed by atoms with Crippen molar-refractivity contribution in [3.63, 3.8) is 0 Å². The summed E-state index contributed by atoms with van der Waals surface area (Å²) in [7, 11) is 1.65. The average Bonchev–Trinajstić information content (AvgIpc) is 3.04. The fourth-order valence-corrected chi connectivity index (χ4v) is 2.76. The van der Waals surface area contributed by atoms with E-state index in [4.69, 9.17) is 4.74 Å². The van der Waals surface area contributed by atoms with Gasteiger partial charge in [-0.25, -0.2) is 4.98 Å². The van der Waals surface area contributed by atoms with Gasteiger partial charge in [0.2, 0.25) is 0 Å². The molecule has 0 unspecified atom stereocenters. The Bertz CT molecular complexity index is 630. The van der Waals surface area contributed by atoms with Crippen LogP contribution in [0.25, 0.3) is 0 Å². The summed E-state index contributed by atoms with van der Waals surface area (Å²) in [5.41, 5.74) is 1.50. The molecule has 0 radical (unpaired) electrons. The Morgan fingerprint density at radius 1 is 1.38 bits per heavy atom. The number of carbonyl (C=O) groups excluding carboxylic acids is 1. The van der Waals surface area contributed by atoms with Gasteiger partial charge < -0.3 is 9.64 Å². The zero-order valence-corrected chi connectivity index (χ0v) is 11.9. The number of methoxy groups -OCH3 is 1. The van der Waals surface area contributed by atoms with Gasteiger partial charge in [-0.3, -0.25) is 9.78 Å². The van der Waals surface area contributed by atoms with Crippen molar-refractivity contribution in [1.29, 1.82) is 0 Å². The van der Waals surface area contributed by atoms with Crippen molar-refractivity contribution in [2.45, 2.75) is 18.9 Å². The van der Waals surface area contributed by atoms with E-state index < -0.39 is 0 Å². The topological polar surface area (TPSA) is 55.3 Å². The van der Waals surface area contributed by atoms with E-state index in [1.165, 1.54) is 6.20 Å². The Morgan fingerprint density at radius 2 is 2.29 bits per heavy atom. The van der Waals surface area contributed by atoms with Gasteiger partial charge >= 0.3 is 0 Å². The van der Waals surface area contributed by atoms with E-state index in [2.05, 4.69) is 9.97 Å². The third kappa shape index (κ3) is 2.72. The molecule has 5 heteroatoms. The van der Waals surface area contributed by atoms with Gasteiger partial charge in [-0.05, 0) is 30.5 Å². The minimum atomic E-state index is -0.0616. The molecule has 1 aromatic heterocycles. The van der Waals surface area contributed by atoms with Gasteiger partial charge in [0.25, 0.3) is 5.91 Å². The summed E-state index contributed by atoms with van der Waals surface area (Å²) in [5, 5.41) is 0. The summed E-state index contributed by atoms with van der Waals surface area (Å²) in [4.78, 5) is 22.5. The highest BCUT2D eigenvalue weighted by molar-refractivity contribution is 5.92. The van der Waals surface area contributed by atoms with Crippen molar-refractivity contribution in [1.82, 2.24) is 14.9 Å². The van der Waals surface area contributed by atoms with Crippen LogP contribution in [0.3, 0.4) is 0 Å². The average molecular weight is 283 g/mol. The van der Waals surface area contributed by atoms with Crippen LogP contribution in [-0.4, -0.2) is 34.4 Å². The standard InChI is InChI=1S/C16H17N3O2/c1-21-13-5-2-4-12(10-13)15-6-3-9-19(15)16(20)14-11-17-7-8-18-14/h2,4-5,7-8,10-11,15H,3,6,9H2,1H3/t15-/m1/s1. The molecule has 1 aliphatic heterocycles. The van der Waals surface area contributed by atoms with Crippen molar-refractivity contribution >= 4 is 5.91 Å². The first-order valence-electron chi connectivity index (χ1n) is 7.00. The van der Waals surface area contributed by atoms with E-state index in [0.29, 0.717) is 5.69 Å². The SMILES string of the molecule is COc1cccc([C@H]2CCCN2C(=O)c2cnccn2)c1. The van der Waals surface area contributed by atoms with Crippen molar-refractivity contribution in [2.75, 3.05) is 13.7 Å². The second kappa shape index (κ2) is 5.91. The highest BCUT2D eigenvalue weighted by Gasteiger charge is 2.31. The molecule has 1 fully saturated rings. The largest absolute Gasteiger partial charge is 0.497 e. The molecule has 2 aromatic rings. The Labute approximate surface area is 123 Å². The van der Waals surface area contributed by atoms with Crippen LogP contribution in [0.15, 0.2) is 42.9 Å². The van der Waals surface area contributed by atoms with Gasteiger partial charge in [-0.1, -0.05) is 12.1 Å². The number of nitrogens with zero attached hydrogens (tertiary/aromatic N) is 3. The maximum atomic E-state index is 12.6. The molecule has 1 atom stereocenters. The molecule has 5 nitrogen and oxygen atoms in total. The van der Waals surface area contributed by atoms with E-state index in [9.17, 15) is 4.79 Å². The van der Waals surface area contributed by atoms with Gasteiger partial charge in [-0.2, -0.15) is 0 Å². The molecule has 2 heterocycles. The van der Waals surface area contributed by atoms with Gasteiger partial charge in [0.15, 0.2) is 0 Å². The number of rotatable bonds is 3. The quantitative estimate of drug-likeness (QED) is 0.868. The Balaban J connectivity index is 1.87. The number of hydrogen-bond donors (Lipinski definition) is 0. The molecule has 0 bridgehead atoms. The van der Waals surface area contributed by atoms with E-state index in [1.54, 1.807) is 19.5 Å². The van der Waals surface area contributed by atoms with Crippen LogP contribution in [0.1, 0.15) is 34.9 Å². The van der Waals surface area contributed by atoms with E-state index in [1.807, 2.05) is 29.2 Å². The van der Waals surface area contributed by atoms with Crippen LogP contribution in [0.4, 0.5) is 0 Å². The van der Waals surface area contributed by atoms with Crippen LogP contribution >= 0.6 is 0 Å². The molecule has 1 aliphatic rings. The normalized spacial score (nSPS) is 17.8. The molecular formula is C16H17N3O2. The zero-order chi connectivity index (χ0) is 14.7. The predicted molar refractivity (Wildman–Crippen MR) is 78.0 cm³/mol. The first kappa shape index (κ1) is 13.5. The smallest absolute Gasteiger partial charge is 0.274 e. The Kier molecular flexibility index (Phi) is 3.81. The van der Waals surface area contributed by atoms with Crippen molar-refractivity contribution in [2.24, 2.45) is 0 Å². The third-order valence-corrected chi connectivity index (χ3v) is 3.77. The van der Waals surface area contributed by atoms with Crippen LogP contribution in [-0.2, 0) is 0 Å². The molecule has 0 saturated carbocycles. The number of benzene rings is 1. The summed E-state index contributed by atoms with van der Waals surface area (Å²) in [6, 6.07) is 7.97. The minimum Gasteiger partial charge on any atom is -0.497 e. The van der Waals surface area contributed by atoms with Gasteiger partial charge in [0.1, 0.15) is 11.4 Å². The maximum Gasteiger partial charge on any atom is 0.274 e. The first-order chi connectivity index (χ1) is 10.3. The van der Waals surface area contributed by atoms with E-state index in [0.717, 1.165) is 30.7 Å². The van der Waals surface area contributed by atoms with Crippen molar-refractivity contribution in [3.05, 3.63) is 54.1 Å². The molecule has 1 amide bonds. The van der Waals surface area contributed by atoms with Crippen LogP contribution in [0.2, 0.25) is 0 Å². The number of likely N-dealkylation sites (tertiary alicyclic amines) is 1. The maximum absolute atomic E-state index is 12.6. The number of aromatic nitrogens is 2. The molecule has 0 aliphatic carbocycles. The lowest BCUT2D eigenvalue weighted by Crippen LogP contribution is -2.31. The highest BCUT2D eigenvalue weighted by atomic mass is 16.5. The number of amides is 1. The number of hydrogen-bond acceptors (Lipinski definition) is 4. The predicted octanol–water partition coefficient (Wildman–Crippen LogP) is 2.46. The van der Waals surface area contributed by atoms with Crippen LogP contribution in [0, 0.1) is 0 Å². The second-order valence-electron chi connectivity index (χ2n) is 5.02. The Morgan fingerprint density at radius 3 is 3.05 bits per heavy atom. The Hall–Kier alpha value is -2.43. The molecule has 1 aromatic carbocycles.